The van der Waals surface area contributed by atoms with Gasteiger partial charge in [0.15, 0.2) is 0 Å². The summed E-state index contributed by atoms with van der Waals surface area (Å²) >= 11 is 0. The van der Waals surface area contributed by atoms with Gasteiger partial charge in [-0.05, 0) is 43.7 Å². The van der Waals surface area contributed by atoms with Crippen LogP contribution in [0.3, 0.4) is 0 Å². The summed E-state index contributed by atoms with van der Waals surface area (Å²) in [6, 6.07) is 8.47. The van der Waals surface area contributed by atoms with E-state index < -0.39 is 0 Å². The SMILES string of the molecule is Cc1ccccc1COC1CCCC[C@]1(C)OCC(C)C. The number of ether oxygens (including phenoxy) is 2. The maximum Gasteiger partial charge on any atom is 0.0915 e. The average Bonchev–Trinajstić information content (AvgIpc) is 2.46. The third-order valence-electron chi connectivity index (χ3n) is 4.52. The van der Waals surface area contributed by atoms with Crippen molar-refractivity contribution in [3.63, 3.8) is 0 Å². The Bertz CT molecular complexity index is 441. The van der Waals surface area contributed by atoms with Crippen molar-refractivity contribution in [3.05, 3.63) is 35.4 Å². The molecule has 2 nitrogen and oxygen atoms in total. The van der Waals surface area contributed by atoms with Crippen molar-refractivity contribution in [2.24, 2.45) is 5.92 Å². The monoisotopic (exact) mass is 290 g/mol. The Labute approximate surface area is 129 Å². The lowest BCUT2D eigenvalue weighted by Gasteiger charge is -2.41. The fraction of sp³-hybridized carbons (Fsp3) is 0.684. The van der Waals surface area contributed by atoms with E-state index in [1.807, 2.05) is 0 Å². The van der Waals surface area contributed by atoms with Crippen LogP contribution in [-0.2, 0) is 16.1 Å². The van der Waals surface area contributed by atoms with Crippen LogP contribution in [0.1, 0.15) is 57.6 Å². The minimum Gasteiger partial charge on any atom is -0.372 e. The van der Waals surface area contributed by atoms with E-state index in [1.54, 1.807) is 0 Å². The summed E-state index contributed by atoms with van der Waals surface area (Å²) in [5.74, 6) is 0.570. The van der Waals surface area contributed by atoms with E-state index in [-0.39, 0.29) is 11.7 Å². The molecule has 0 amide bonds. The summed E-state index contributed by atoms with van der Waals surface area (Å²) in [5.41, 5.74) is 2.47. The van der Waals surface area contributed by atoms with Crippen molar-refractivity contribution in [1.29, 1.82) is 0 Å². The first-order chi connectivity index (χ1) is 10.0. The Morgan fingerprint density at radius 1 is 1.24 bits per heavy atom. The third-order valence-corrected chi connectivity index (χ3v) is 4.52. The second-order valence-corrected chi connectivity index (χ2v) is 6.99. The highest BCUT2D eigenvalue weighted by molar-refractivity contribution is 5.24. The van der Waals surface area contributed by atoms with E-state index >= 15 is 0 Å². The van der Waals surface area contributed by atoms with Gasteiger partial charge in [-0.1, -0.05) is 51.0 Å². The smallest absolute Gasteiger partial charge is 0.0915 e. The van der Waals surface area contributed by atoms with Crippen LogP contribution < -0.4 is 0 Å². The lowest BCUT2D eigenvalue weighted by Crippen LogP contribution is -2.46. The zero-order valence-corrected chi connectivity index (χ0v) is 14.0. The van der Waals surface area contributed by atoms with Gasteiger partial charge in [0.2, 0.25) is 0 Å². The van der Waals surface area contributed by atoms with E-state index in [0.717, 1.165) is 19.4 Å². The molecule has 118 valence electrons. The highest BCUT2D eigenvalue weighted by atomic mass is 16.5. The molecule has 2 heteroatoms. The molecule has 2 rings (SSSR count). The summed E-state index contributed by atoms with van der Waals surface area (Å²) in [4.78, 5) is 0. The molecule has 0 aliphatic heterocycles. The molecule has 2 atom stereocenters. The van der Waals surface area contributed by atoms with Crippen molar-refractivity contribution in [2.45, 2.75) is 71.7 Å². The molecule has 1 aliphatic rings. The predicted molar refractivity (Wildman–Crippen MR) is 87.4 cm³/mol. The van der Waals surface area contributed by atoms with Gasteiger partial charge in [-0.2, -0.15) is 0 Å². The van der Waals surface area contributed by atoms with Crippen LogP contribution in [0.15, 0.2) is 24.3 Å². The second kappa shape index (κ2) is 7.42. The maximum atomic E-state index is 6.27. The maximum absolute atomic E-state index is 6.27. The van der Waals surface area contributed by atoms with Crippen LogP contribution in [0.25, 0.3) is 0 Å². The zero-order valence-electron chi connectivity index (χ0n) is 14.0. The molecule has 1 fully saturated rings. The number of benzene rings is 1. The van der Waals surface area contributed by atoms with Gasteiger partial charge in [-0.15, -0.1) is 0 Å². The van der Waals surface area contributed by atoms with Gasteiger partial charge in [-0.25, -0.2) is 0 Å². The van der Waals surface area contributed by atoms with Gasteiger partial charge in [0.05, 0.1) is 18.3 Å². The highest BCUT2D eigenvalue weighted by Gasteiger charge is 2.38. The summed E-state index contributed by atoms with van der Waals surface area (Å²) in [7, 11) is 0. The first-order valence-electron chi connectivity index (χ1n) is 8.31. The normalized spacial score (nSPS) is 26.2. The summed E-state index contributed by atoms with van der Waals surface area (Å²) in [6.07, 6.45) is 4.93. The minimum absolute atomic E-state index is 0.120. The van der Waals surface area contributed by atoms with Crippen LogP contribution >= 0.6 is 0 Å². The van der Waals surface area contributed by atoms with Crippen LogP contribution in [0.5, 0.6) is 0 Å². The van der Waals surface area contributed by atoms with E-state index in [2.05, 4.69) is 52.0 Å². The molecule has 0 N–H and O–H groups in total. The van der Waals surface area contributed by atoms with Crippen molar-refractivity contribution < 1.29 is 9.47 Å². The lowest BCUT2D eigenvalue weighted by molar-refractivity contribution is -0.164. The number of hydrogen-bond acceptors (Lipinski definition) is 2. The summed E-state index contributed by atoms with van der Waals surface area (Å²) in [5, 5.41) is 0. The molecule has 21 heavy (non-hydrogen) atoms. The quantitative estimate of drug-likeness (QED) is 0.743. The molecule has 1 aromatic rings. The van der Waals surface area contributed by atoms with Gasteiger partial charge >= 0.3 is 0 Å². The average molecular weight is 290 g/mol. The zero-order chi connectivity index (χ0) is 15.3. The van der Waals surface area contributed by atoms with Crippen LogP contribution in [0.4, 0.5) is 0 Å². The molecule has 0 bridgehead atoms. The molecule has 0 radical (unpaired) electrons. The molecule has 0 aromatic heterocycles. The Balaban J connectivity index is 1.97. The Morgan fingerprint density at radius 2 is 2.00 bits per heavy atom. The largest absolute Gasteiger partial charge is 0.372 e. The predicted octanol–water partition coefficient (Wildman–Crippen LogP) is 4.89. The van der Waals surface area contributed by atoms with Gasteiger partial charge in [-0.3, -0.25) is 0 Å². The van der Waals surface area contributed by atoms with Gasteiger partial charge in [0.1, 0.15) is 0 Å². The minimum atomic E-state index is -0.120. The Morgan fingerprint density at radius 3 is 2.71 bits per heavy atom. The highest BCUT2D eigenvalue weighted by Crippen LogP contribution is 2.34. The van der Waals surface area contributed by atoms with E-state index in [4.69, 9.17) is 9.47 Å². The molecule has 0 heterocycles. The first-order valence-corrected chi connectivity index (χ1v) is 8.31. The van der Waals surface area contributed by atoms with E-state index in [9.17, 15) is 0 Å². The van der Waals surface area contributed by atoms with Gasteiger partial charge < -0.3 is 9.47 Å². The second-order valence-electron chi connectivity index (χ2n) is 6.99. The molecule has 1 saturated carbocycles. The molecule has 1 aromatic carbocycles. The van der Waals surface area contributed by atoms with E-state index in [1.165, 1.54) is 24.0 Å². The molecule has 0 spiro atoms. The summed E-state index contributed by atoms with van der Waals surface area (Å²) in [6.45, 7) is 10.3. The fourth-order valence-corrected chi connectivity index (χ4v) is 3.02. The molecular weight excluding hydrogens is 260 g/mol. The topological polar surface area (TPSA) is 18.5 Å². The van der Waals surface area contributed by atoms with Crippen LogP contribution in [0, 0.1) is 12.8 Å². The van der Waals surface area contributed by atoms with Crippen molar-refractivity contribution in [3.8, 4) is 0 Å². The van der Waals surface area contributed by atoms with E-state index in [0.29, 0.717) is 12.5 Å². The number of rotatable bonds is 6. The van der Waals surface area contributed by atoms with Crippen molar-refractivity contribution >= 4 is 0 Å². The van der Waals surface area contributed by atoms with Crippen LogP contribution in [0.2, 0.25) is 0 Å². The Kier molecular flexibility index (Phi) is 5.83. The number of aryl methyl sites for hydroxylation is 1. The number of hydrogen-bond donors (Lipinski definition) is 0. The Hall–Kier alpha value is -0.860. The third kappa shape index (κ3) is 4.55. The van der Waals surface area contributed by atoms with Crippen molar-refractivity contribution in [1.82, 2.24) is 0 Å². The first kappa shape index (κ1) is 16.5. The summed E-state index contributed by atoms with van der Waals surface area (Å²) < 4.78 is 12.5. The van der Waals surface area contributed by atoms with Gasteiger partial charge in [0, 0.05) is 6.61 Å². The fourth-order valence-electron chi connectivity index (χ4n) is 3.02. The van der Waals surface area contributed by atoms with Gasteiger partial charge in [0.25, 0.3) is 0 Å². The van der Waals surface area contributed by atoms with Crippen molar-refractivity contribution in [2.75, 3.05) is 6.61 Å². The lowest BCUT2D eigenvalue weighted by atomic mass is 9.83. The molecule has 1 unspecified atom stereocenters. The standard InChI is InChI=1S/C19H30O2/c1-15(2)13-21-19(4)12-8-7-11-18(19)20-14-17-10-6-5-9-16(17)3/h5-6,9-10,15,18H,7-8,11-14H2,1-4H3/t18?,19-/m0/s1. The molecule has 1 aliphatic carbocycles. The van der Waals surface area contributed by atoms with Crippen LogP contribution in [-0.4, -0.2) is 18.3 Å². The molecule has 0 saturated heterocycles. The molecular formula is C19H30O2.